The fourth-order valence-electron chi connectivity index (χ4n) is 2.49. The lowest BCUT2D eigenvalue weighted by Gasteiger charge is -2.24. The van der Waals surface area contributed by atoms with Gasteiger partial charge in [-0.1, -0.05) is 48.0 Å². The molecule has 1 atom stereocenters. The molecule has 0 aliphatic rings. The van der Waals surface area contributed by atoms with E-state index in [2.05, 4.69) is 5.32 Å². The summed E-state index contributed by atoms with van der Waals surface area (Å²) >= 11 is 0. The van der Waals surface area contributed by atoms with Crippen LogP contribution in [-0.4, -0.2) is 23.2 Å². The second-order valence-corrected chi connectivity index (χ2v) is 6.48. The molecule has 0 aliphatic heterocycles. The molecule has 2 rings (SSSR count). The number of aryl methyl sites for hydroxylation is 3. The van der Waals surface area contributed by atoms with Gasteiger partial charge in [0.05, 0.1) is 5.60 Å². The molecule has 2 N–H and O–H groups in total. The minimum atomic E-state index is -0.927. The molecule has 2 aromatic rings. The lowest BCUT2D eigenvalue weighted by atomic mass is 9.96. The Morgan fingerprint density at radius 1 is 1.13 bits per heavy atom. The lowest BCUT2D eigenvalue weighted by molar-refractivity contribution is 0.0478. The maximum atomic E-state index is 12.3. The Morgan fingerprint density at radius 2 is 1.83 bits per heavy atom. The molecule has 0 saturated heterocycles. The number of carbonyl (C=O) groups is 1. The van der Waals surface area contributed by atoms with E-state index in [4.69, 9.17) is 0 Å². The van der Waals surface area contributed by atoms with Crippen LogP contribution in [-0.2, 0) is 6.42 Å². The molecule has 0 spiro atoms. The molecule has 0 aliphatic carbocycles. The van der Waals surface area contributed by atoms with Gasteiger partial charge in [-0.2, -0.15) is 0 Å². The molecule has 2 aromatic carbocycles. The highest BCUT2D eigenvalue weighted by Gasteiger charge is 2.21. The van der Waals surface area contributed by atoms with Crippen molar-refractivity contribution in [1.82, 2.24) is 5.32 Å². The van der Waals surface area contributed by atoms with Crippen LogP contribution in [0.5, 0.6) is 0 Å². The average molecular weight is 311 g/mol. The Hall–Kier alpha value is -2.13. The highest BCUT2D eigenvalue weighted by molar-refractivity contribution is 5.95. The summed E-state index contributed by atoms with van der Waals surface area (Å²) in [6.45, 7) is 5.89. The van der Waals surface area contributed by atoms with Gasteiger partial charge >= 0.3 is 0 Å². The molecule has 3 nitrogen and oxygen atoms in total. The van der Waals surface area contributed by atoms with Gasteiger partial charge in [0.2, 0.25) is 0 Å². The van der Waals surface area contributed by atoms with E-state index in [9.17, 15) is 9.90 Å². The van der Waals surface area contributed by atoms with Gasteiger partial charge in [-0.3, -0.25) is 4.79 Å². The molecule has 3 heteroatoms. The molecule has 0 saturated carbocycles. The van der Waals surface area contributed by atoms with E-state index in [0.717, 1.165) is 17.5 Å². The van der Waals surface area contributed by atoms with Crippen molar-refractivity contribution in [2.75, 3.05) is 6.54 Å². The smallest absolute Gasteiger partial charge is 0.251 e. The van der Waals surface area contributed by atoms with Crippen molar-refractivity contribution in [1.29, 1.82) is 0 Å². The summed E-state index contributed by atoms with van der Waals surface area (Å²) in [5, 5.41) is 13.3. The number of aliphatic hydroxyl groups is 1. The minimum absolute atomic E-state index is 0.133. The molecule has 0 bridgehead atoms. The Balaban J connectivity index is 1.90. The zero-order chi connectivity index (χ0) is 16.9. The number of carbonyl (C=O) groups excluding carboxylic acids is 1. The standard InChI is InChI=1S/C20H25NO2/c1-15-9-10-16(2)18(13-15)19(22)21-14-20(3,23)12-11-17-7-5-4-6-8-17/h4-10,13,23H,11-12,14H2,1-3H3,(H,21,22)/t20-/m1/s1. The van der Waals surface area contributed by atoms with Gasteiger partial charge in [0.15, 0.2) is 0 Å². The Bertz CT molecular complexity index is 663. The van der Waals surface area contributed by atoms with Crippen LogP contribution in [0, 0.1) is 13.8 Å². The van der Waals surface area contributed by atoms with Crippen LogP contribution in [0.15, 0.2) is 48.5 Å². The maximum absolute atomic E-state index is 12.3. The summed E-state index contributed by atoms with van der Waals surface area (Å²) in [7, 11) is 0. The molecule has 0 radical (unpaired) electrons. The van der Waals surface area contributed by atoms with Crippen LogP contribution in [0.1, 0.15) is 40.4 Å². The molecule has 1 amide bonds. The van der Waals surface area contributed by atoms with E-state index in [1.54, 1.807) is 6.92 Å². The predicted molar refractivity (Wildman–Crippen MR) is 93.6 cm³/mol. The van der Waals surface area contributed by atoms with Crippen LogP contribution in [0.25, 0.3) is 0 Å². The molecule has 0 unspecified atom stereocenters. The van der Waals surface area contributed by atoms with Gasteiger partial charge in [-0.25, -0.2) is 0 Å². The van der Waals surface area contributed by atoms with Crippen molar-refractivity contribution >= 4 is 5.91 Å². The summed E-state index contributed by atoms with van der Waals surface area (Å²) in [4.78, 5) is 12.3. The van der Waals surface area contributed by atoms with E-state index in [-0.39, 0.29) is 12.5 Å². The van der Waals surface area contributed by atoms with Gasteiger partial charge < -0.3 is 10.4 Å². The number of benzene rings is 2. The molecule has 23 heavy (non-hydrogen) atoms. The van der Waals surface area contributed by atoms with Gasteiger partial charge in [-0.05, 0) is 50.8 Å². The van der Waals surface area contributed by atoms with E-state index < -0.39 is 5.60 Å². The maximum Gasteiger partial charge on any atom is 0.251 e. The summed E-state index contributed by atoms with van der Waals surface area (Å²) in [5.74, 6) is -0.133. The molecule has 0 fully saturated rings. The first-order valence-corrected chi connectivity index (χ1v) is 7.99. The van der Waals surface area contributed by atoms with Crippen molar-refractivity contribution < 1.29 is 9.90 Å². The van der Waals surface area contributed by atoms with Crippen LogP contribution >= 0.6 is 0 Å². The first kappa shape index (κ1) is 17.2. The third-order valence-electron chi connectivity index (χ3n) is 4.06. The van der Waals surface area contributed by atoms with Gasteiger partial charge in [-0.15, -0.1) is 0 Å². The topological polar surface area (TPSA) is 49.3 Å². The van der Waals surface area contributed by atoms with Crippen molar-refractivity contribution in [3.8, 4) is 0 Å². The predicted octanol–water partition coefficient (Wildman–Crippen LogP) is 3.42. The highest BCUT2D eigenvalue weighted by Crippen LogP contribution is 2.15. The quantitative estimate of drug-likeness (QED) is 0.859. The lowest BCUT2D eigenvalue weighted by Crippen LogP contribution is -2.41. The van der Waals surface area contributed by atoms with Gasteiger partial charge in [0.1, 0.15) is 0 Å². The number of hydrogen-bond acceptors (Lipinski definition) is 2. The average Bonchev–Trinajstić information content (AvgIpc) is 2.54. The molecule has 0 aromatic heterocycles. The zero-order valence-corrected chi connectivity index (χ0v) is 14.1. The normalized spacial score (nSPS) is 13.4. The number of nitrogens with one attached hydrogen (secondary N) is 1. The van der Waals surface area contributed by atoms with Crippen LogP contribution in [0.2, 0.25) is 0 Å². The third-order valence-corrected chi connectivity index (χ3v) is 4.06. The summed E-state index contributed by atoms with van der Waals surface area (Å²) in [6, 6.07) is 15.9. The molecular formula is C20H25NO2. The van der Waals surface area contributed by atoms with E-state index in [1.165, 1.54) is 5.56 Å². The third kappa shape index (κ3) is 5.22. The van der Waals surface area contributed by atoms with Crippen molar-refractivity contribution in [2.24, 2.45) is 0 Å². The van der Waals surface area contributed by atoms with Crippen LogP contribution in [0.4, 0.5) is 0 Å². The van der Waals surface area contributed by atoms with E-state index in [1.807, 2.05) is 62.4 Å². The first-order valence-electron chi connectivity index (χ1n) is 7.99. The summed E-state index contributed by atoms with van der Waals surface area (Å²) in [6.07, 6.45) is 1.39. The second-order valence-electron chi connectivity index (χ2n) is 6.48. The fraction of sp³-hybridized carbons (Fsp3) is 0.350. The number of amides is 1. The van der Waals surface area contributed by atoms with E-state index in [0.29, 0.717) is 12.0 Å². The van der Waals surface area contributed by atoms with Crippen LogP contribution < -0.4 is 5.32 Å². The largest absolute Gasteiger partial charge is 0.388 e. The van der Waals surface area contributed by atoms with Gasteiger partial charge in [0, 0.05) is 12.1 Å². The second kappa shape index (κ2) is 7.42. The van der Waals surface area contributed by atoms with E-state index >= 15 is 0 Å². The Kier molecular flexibility index (Phi) is 5.56. The summed E-state index contributed by atoms with van der Waals surface area (Å²) in [5.41, 5.74) is 2.93. The molecular weight excluding hydrogens is 286 g/mol. The first-order chi connectivity index (χ1) is 10.9. The zero-order valence-electron chi connectivity index (χ0n) is 14.1. The van der Waals surface area contributed by atoms with Crippen molar-refractivity contribution in [3.63, 3.8) is 0 Å². The monoisotopic (exact) mass is 311 g/mol. The minimum Gasteiger partial charge on any atom is -0.388 e. The SMILES string of the molecule is Cc1ccc(C)c(C(=O)NC[C@](C)(O)CCc2ccccc2)c1. The van der Waals surface area contributed by atoms with Crippen molar-refractivity contribution in [2.45, 2.75) is 39.2 Å². The number of rotatable bonds is 6. The van der Waals surface area contributed by atoms with Crippen LogP contribution in [0.3, 0.4) is 0 Å². The summed E-state index contributed by atoms with van der Waals surface area (Å²) < 4.78 is 0. The van der Waals surface area contributed by atoms with Crippen molar-refractivity contribution in [3.05, 3.63) is 70.8 Å². The number of hydrogen-bond donors (Lipinski definition) is 2. The molecule has 0 heterocycles. The fourth-order valence-corrected chi connectivity index (χ4v) is 2.49. The Morgan fingerprint density at radius 3 is 2.52 bits per heavy atom. The highest BCUT2D eigenvalue weighted by atomic mass is 16.3. The van der Waals surface area contributed by atoms with Gasteiger partial charge in [0.25, 0.3) is 5.91 Å². The molecule has 122 valence electrons. The Labute approximate surface area is 138 Å².